The molecular weight excluding hydrogens is 254 g/mol. The van der Waals surface area contributed by atoms with Gasteiger partial charge in [0.1, 0.15) is 0 Å². The molecular formula is C11H16BrN3. The van der Waals surface area contributed by atoms with Crippen LogP contribution in [0.3, 0.4) is 0 Å². The van der Waals surface area contributed by atoms with Crippen LogP contribution >= 0.6 is 15.9 Å². The van der Waals surface area contributed by atoms with Crippen LogP contribution in [0.1, 0.15) is 18.9 Å². The zero-order valence-electron chi connectivity index (χ0n) is 9.20. The van der Waals surface area contributed by atoms with Gasteiger partial charge in [0.05, 0.1) is 0 Å². The first-order chi connectivity index (χ1) is 7.13. The van der Waals surface area contributed by atoms with Crippen molar-refractivity contribution in [1.82, 2.24) is 9.97 Å². The minimum atomic E-state index is 0.369. The molecule has 0 bridgehead atoms. The lowest BCUT2D eigenvalue weighted by molar-refractivity contribution is 0.432. The molecule has 1 saturated heterocycles. The maximum atomic E-state index is 4.36. The topological polar surface area (TPSA) is 29.0 Å². The molecule has 0 amide bonds. The monoisotopic (exact) mass is 269 g/mol. The first-order valence-electron chi connectivity index (χ1n) is 5.22. The van der Waals surface area contributed by atoms with E-state index < -0.39 is 0 Å². The zero-order chi connectivity index (χ0) is 10.9. The van der Waals surface area contributed by atoms with Gasteiger partial charge in [-0.25, -0.2) is 9.97 Å². The van der Waals surface area contributed by atoms with Crippen molar-refractivity contribution >= 4 is 21.9 Å². The Morgan fingerprint density at radius 2 is 2.13 bits per heavy atom. The van der Waals surface area contributed by atoms with E-state index in [0.29, 0.717) is 5.41 Å². The van der Waals surface area contributed by atoms with E-state index >= 15 is 0 Å². The molecule has 1 atom stereocenters. The third-order valence-corrected chi connectivity index (χ3v) is 4.28. The molecule has 1 unspecified atom stereocenters. The summed E-state index contributed by atoms with van der Waals surface area (Å²) < 4.78 is 0. The van der Waals surface area contributed by atoms with E-state index in [1.165, 1.54) is 6.42 Å². The second-order valence-electron chi connectivity index (χ2n) is 4.68. The summed E-state index contributed by atoms with van der Waals surface area (Å²) in [5.74, 6) is 0.866. The Hall–Kier alpha value is -0.640. The summed E-state index contributed by atoms with van der Waals surface area (Å²) in [6.45, 7) is 6.42. The van der Waals surface area contributed by atoms with Crippen LogP contribution in [0, 0.1) is 12.3 Å². The van der Waals surface area contributed by atoms with Crippen molar-refractivity contribution in [2.24, 2.45) is 5.41 Å². The Labute approximate surface area is 99.0 Å². The molecule has 2 rings (SSSR count). The van der Waals surface area contributed by atoms with Gasteiger partial charge in [0.25, 0.3) is 0 Å². The molecule has 0 aliphatic carbocycles. The Kier molecular flexibility index (Phi) is 2.96. The molecule has 0 aromatic carbocycles. The lowest BCUT2D eigenvalue weighted by atomic mass is 9.93. The van der Waals surface area contributed by atoms with E-state index in [-0.39, 0.29) is 0 Å². The van der Waals surface area contributed by atoms with Crippen molar-refractivity contribution in [2.75, 3.05) is 23.3 Å². The molecule has 15 heavy (non-hydrogen) atoms. The summed E-state index contributed by atoms with van der Waals surface area (Å²) in [5.41, 5.74) is 1.48. The summed E-state index contributed by atoms with van der Waals surface area (Å²) in [5, 5.41) is 1.04. The standard InChI is InChI=1S/C11H16BrN3/c1-9-5-13-10(14-6-9)15-4-3-11(2,7-12)8-15/h5-6H,3-4,7-8H2,1-2H3. The zero-order valence-corrected chi connectivity index (χ0v) is 10.8. The number of rotatable bonds is 2. The van der Waals surface area contributed by atoms with E-state index in [4.69, 9.17) is 0 Å². The van der Waals surface area contributed by atoms with Crippen molar-refractivity contribution in [2.45, 2.75) is 20.3 Å². The van der Waals surface area contributed by atoms with Crippen LogP contribution in [0.5, 0.6) is 0 Å². The summed E-state index contributed by atoms with van der Waals surface area (Å²) >= 11 is 3.58. The van der Waals surface area contributed by atoms with Crippen LogP contribution in [0.4, 0.5) is 5.95 Å². The molecule has 1 aliphatic heterocycles. The predicted octanol–water partition coefficient (Wildman–Crippen LogP) is 2.40. The van der Waals surface area contributed by atoms with Gasteiger partial charge in [-0.1, -0.05) is 22.9 Å². The molecule has 1 aromatic rings. The van der Waals surface area contributed by atoms with Gasteiger partial charge in [-0.15, -0.1) is 0 Å². The molecule has 1 aliphatic rings. The minimum absolute atomic E-state index is 0.369. The third-order valence-electron chi connectivity index (χ3n) is 2.93. The molecule has 2 heterocycles. The van der Waals surface area contributed by atoms with Gasteiger partial charge >= 0.3 is 0 Å². The first-order valence-corrected chi connectivity index (χ1v) is 6.35. The number of hydrogen-bond acceptors (Lipinski definition) is 3. The molecule has 0 radical (unpaired) electrons. The normalized spacial score (nSPS) is 25.9. The maximum Gasteiger partial charge on any atom is 0.225 e. The maximum absolute atomic E-state index is 4.36. The van der Waals surface area contributed by atoms with Gasteiger partial charge in [-0.3, -0.25) is 0 Å². The van der Waals surface area contributed by atoms with Crippen LogP contribution in [-0.2, 0) is 0 Å². The molecule has 1 fully saturated rings. The molecule has 0 spiro atoms. The number of nitrogens with zero attached hydrogens (tertiary/aromatic N) is 3. The van der Waals surface area contributed by atoms with E-state index in [0.717, 1.165) is 29.9 Å². The summed E-state index contributed by atoms with van der Waals surface area (Å²) in [6, 6.07) is 0. The highest BCUT2D eigenvalue weighted by atomic mass is 79.9. The van der Waals surface area contributed by atoms with Gasteiger partial charge in [-0.2, -0.15) is 0 Å². The fourth-order valence-corrected chi connectivity index (χ4v) is 2.31. The van der Waals surface area contributed by atoms with Crippen LogP contribution in [0.2, 0.25) is 0 Å². The van der Waals surface area contributed by atoms with Crippen molar-refractivity contribution in [3.05, 3.63) is 18.0 Å². The fraction of sp³-hybridized carbons (Fsp3) is 0.636. The average molecular weight is 270 g/mol. The molecule has 0 saturated carbocycles. The Morgan fingerprint density at radius 1 is 1.47 bits per heavy atom. The molecule has 82 valence electrons. The van der Waals surface area contributed by atoms with Crippen molar-refractivity contribution < 1.29 is 0 Å². The first kappa shape index (κ1) is 10.9. The highest BCUT2D eigenvalue weighted by Crippen LogP contribution is 2.33. The van der Waals surface area contributed by atoms with Gasteiger partial charge in [0.2, 0.25) is 5.95 Å². The molecule has 3 nitrogen and oxygen atoms in total. The van der Waals surface area contributed by atoms with E-state index in [1.807, 2.05) is 19.3 Å². The van der Waals surface area contributed by atoms with Crippen LogP contribution in [0.25, 0.3) is 0 Å². The van der Waals surface area contributed by atoms with E-state index in [2.05, 4.69) is 37.7 Å². The quantitative estimate of drug-likeness (QED) is 0.773. The van der Waals surface area contributed by atoms with E-state index in [9.17, 15) is 0 Å². The summed E-state index contributed by atoms with van der Waals surface area (Å²) in [6.07, 6.45) is 4.97. The largest absolute Gasteiger partial charge is 0.340 e. The lowest BCUT2D eigenvalue weighted by Gasteiger charge is -2.21. The van der Waals surface area contributed by atoms with Gasteiger partial charge < -0.3 is 4.90 Å². The van der Waals surface area contributed by atoms with E-state index in [1.54, 1.807) is 0 Å². The summed E-state index contributed by atoms with van der Waals surface area (Å²) in [4.78, 5) is 11.0. The smallest absolute Gasteiger partial charge is 0.225 e. The molecule has 1 aromatic heterocycles. The number of aromatic nitrogens is 2. The number of hydrogen-bond donors (Lipinski definition) is 0. The predicted molar refractivity (Wildman–Crippen MR) is 65.5 cm³/mol. The highest BCUT2D eigenvalue weighted by molar-refractivity contribution is 9.09. The third kappa shape index (κ3) is 2.30. The number of alkyl halides is 1. The second-order valence-corrected chi connectivity index (χ2v) is 5.24. The number of aryl methyl sites for hydroxylation is 1. The Bertz CT molecular complexity index is 338. The SMILES string of the molecule is Cc1cnc(N2CCC(C)(CBr)C2)nc1. The van der Waals surface area contributed by atoms with Crippen LogP contribution in [-0.4, -0.2) is 28.4 Å². The Balaban J connectivity index is 2.11. The average Bonchev–Trinajstić information content (AvgIpc) is 2.63. The number of anilines is 1. The Morgan fingerprint density at radius 3 is 2.67 bits per heavy atom. The lowest BCUT2D eigenvalue weighted by Crippen LogP contribution is -2.27. The van der Waals surface area contributed by atoms with Crippen LogP contribution in [0.15, 0.2) is 12.4 Å². The minimum Gasteiger partial charge on any atom is -0.340 e. The highest BCUT2D eigenvalue weighted by Gasteiger charge is 2.33. The molecule has 0 N–H and O–H groups in total. The summed E-state index contributed by atoms with van der Waals surface area (Å²) in [7, 11) is 0. The number of halogens is 1. The van der Waals surface area contributed by atoms with Crippen molar-refractivity contribution in [3.8, 4) is 0 Å². The second kappa shape index (κ2) is 4.08. The van der Waals surface area contributed by atoms with Crippen molar-refractivity contribution in [3.63, 3.8) is 0 Å². The van der Waals surface area contributed by atoms with Gasteiger partial charge in [0.15, 0.2) is 0 Å². The van der Waals surface area contributed by atoms with Crippen LogP contribution < -0.4 is 4.90 Å². The van der Waals surface area contributed by atoms with Crippen molar-refractivity contribution in [1.29, 1.82) is 0 Å². The molecule has 4 heteroatoms. The fourth-order valence-electron chi connectivity index (χ4n) is 1.85. The van der Waals surface area contributed by atoms with Gasteiger partial charge in [-0.05, 0) is 24.3 Å². The van der Waals surface area contributed by atoms with Gasteiger partial charge in [0, 0.05) is 30.8 Å².